The van der Waals surface area contributed by atoms with E-state index in [1.54, 1.807) is 0 Å². The van der Waals surface area contributed by atoms with Crippen LogP contribution < -0.4 is 0 Å². The molecule has 1 unspecified atom stereocenters. The Balaban J connectivity index is 4.02. The molecule has 0 saturated carbocycles. The highest BCUT2D eigenvalue weighted by atomic mass is 79.9. The highest BCUT2D eigenvalue weighted by Gasteiger charge is 2.38. The second-order valence-corrected chi connectivity index (χ2v) is 15.1. The molecule has 0 aliphatic heterocycles. The Morgan fingerprint density at radius 3 is 1.83 bits per heavy atom. The third-order valence-electron chi connectivity index (χ3n) is 5.74. The van der Waals surface area contributed by atoms with Crippen LogP contribution in [0.5, 0.6) is 0 Å². The fourth-order valence-electron chi connectivity index (χ4n) is 2.71. The number of halogens is 1. The van der Waals surface area contributed by atoms with Gasteiger partial charge in [-0.25, -0.2) is 0 Å². The summed E-state index contributed by atoms with van der Waals surface area (Å²) in [6.07, 6.45) is 15.6. The molecule has 0 saturated heterocycles. The molecule has 0 aromatic rings. The second-order valence-electron chi connectivity index (χ2n) is 9.60. The highest BCUT2D eigenvalue weighted by molar-refractivity contribution is 9.09. The predicted octanol–water partition coefficient (Wildman–Crippen LogP) is 8.87. The molecule has 168 valence electrons. The maximum atomic E-state index is 6.57. The second kappa shape index (κ2) is 17.5. The Morgan fingerprint density at radius 1 is 0.793 bits per heavy atom. The van der Waals surface area contributed by atoms with Crippen molar-refractivity contribution in [2.75, 3.05) is 5.33 Å². The zero-order valence-electron chi connectivity index (χ0n) is 20.3. The van der Waals surface area contributed by atoms with Crippen LogP contribution in [-0.2, 0) is 4.43 Å². The third-order valence-corrected chi connectivity index (χ3v) is 10.8. The normalized spacial score (nSPS) is 12.7. The van der Waals surface area contributed by atoms with Crippen molar-refractivity contribution in [3.63, 3.8) is 0 Å². The standard InChI is InChI=1S/C26H47BrOSi/c1-7-8-22-25(28-29(5,6)26(2,3)4)23-20-18-16-14-12-10-9-11-13-15-17-19-21-24-27/h25H,7-12,14,16-19,21-22,24H2,1-6H3. The van der Waals surface area contributed by atoms with Gasteiger partial charge in [0.1, 0.15) is 6.10 Å². The van der Waals surface area contributed by atoms with Gasteiger partial charge in [-0.3, -0.25) is 0 Å². The molecule has 0 aromatic heterocycles. The van der Waals surface area contributed by atoms with Crippen LogP contribution in [0.15, 0.2) is 0 Å². The minimum atomic E-state index is -1.74. The minimum absolute atomic E-state index is 0.129. The Kier molecular flexibility index (Phi) is 17.3. The lowest BCUT2D eigenvalue weighted by molar-refractivity contribution is 0.220. The number of unbranched alkanes of at least 4 members (excludes halogenated alkanes) is 9. The van der Waals surface area contributed by atoms with Gasteiger partial charge in [0, 0.05) is 24.6 Å². The van der Waals surface area contributed by atoms with Crippen molar-refractivity contribution in [1.29, 1.82) is 0 Å². The van der Waals surface area contributed by atoms with E-state index in [2.05, 4.69) is 80.4 Å². The van der Waals surface area contributed by atoms with Crippen LogP contribution in [0.4, 0.5) is 0 Å². The first-order valence-corrected chi connectivity index (χ1v) is 16.0. The molecule has 0 radical (unpaired) electrons. The predicted molar refractivity (Wildman–Crippen MR) is 137 cm³/mol. The molecule has 0 rings (SSSR count). The van der Waals surface area contributed by atoms with Crippen LogP contribution >= 0.6 is 15.9 Å². The van der Waals surface area contributed by atoms with Gasteiger partial charge in [0.05, 0.1) is 0 Å². The maximum absolute atomic E-state index is 6.57. The summed E-state index contributed by atoms with van der Waals surface area (Å²) in [5, 5.41) is 1.35. The summed E-state index contributed by atoms with van der Waals surface area (Å²) in [6.45, 7) is 13.8. The molecular formula is C26H47BrOSi. The first-order chi connectivity index (χ1) is 13.7. The molecule has 0 aliphatic rings. The summed E-state index contributed by atoms with van der Waals surface area (Å²) in [6, 6.07) is 0. The minimum Gasteiger partial charge on any atom is -0.403 e. The van der Waals surface area contributed by atoms with E-state index in [4.69, 9.17) is 4.43 Å². The zero-order valence-corrected chi connectivity index (χ0v) is 22.8. The first kappa shape index (κ1) is 28.8. The molecular weight excluding hydrogens is 436 g/mol. The van der Waals surface area contributed by atoms with E-state index in [-0.39, 0.29) is 11.1 Å². The Bertz CT molecular complexity index is 513. The van der Waals surface area contributed by atoms with Gasteiger partial charge in [0.2, 0.25) is 0 Å². The number of hydrogen-bond acceptors (Lipinski definition) is 1. The van der Waals surface area contributed by atoms with Crippen LogP contribution in [0.1, 0.15) is 111 Å². The molecule has 1 nitrogen and oxygen atoms in total. The van der Waals surface area contributed by atoms with E-state index in [0.29, 0.717) is 0 Å². The molecule has 1 atom stereocenters. The van der Waals surface area contributed by atoms with Gasteiger partial charge in [-0.1, -0.05) is 81.6 Å². The SMILES string of the molecule is CCCCC(C#CCCCCCCCC#CCCCCBr)O[Si](C)(C)C(C)(C)C. The zero-order chi connectivity index (χ0) is 22.0. The molecule has 0 heterocycles. The molecule has 0 N–H and O–H groups in total. The average Bonchev–Trinajstić information content (AvgIpc) is 2.65. The quantitative estimate of drug-likeness (QED) is 0.104. The van der Waals surface area contributed by atoms with Crippen molar-refractivity contribution >= 4 is 24.2 Å². The number of alkyl halides is 1. The van der Waals surface area contributed by atoms with Gasteiger partial charge in [-0.05, 0) is 50.2 Å². The summed E-state index contributed by atoms with van der Waals surface area (Å²) in [7, 11) is -1.74. The maximum Gasteiger partial charge on any atom is 0.193 e. The lowest BCUT2D eigenvalue weighted by Crippen LogP contribution is -2.43. The topological polar surface area (TPSA) is 9.23 Å². The van der Waals surface area contributed by atoms with E-state index in [0.717, 1.165) is 31.0 Å². The molecule has 0 amide bonds. The summed E-state index contributed by atoms with van der Waals surface area (Å²) in [5.74, 6) is 13.5. The molecule has 0 bridgehead atoms. The van der Waals surface area contributed by atoms with Gasteiger partial charge in [-0.15, -0.1) is 17.8 Å². The smallest absolute Gasteiger partial charge is 0.193 e. The summed E-state index contributed by atoms with van der Waals surface area (Å²) in [5.41, 5.74) is 0. The molecule has 0 aliphatic carbocycles. The summed E-state index contributed by atoms with van der Waals surface area (Å²) in [4.78, 5) is 0. The van der Waals surface area contributed by atoms with Crippen molar-refractivity contribution in [1.82, 2.24) is 0 Å². The molecule has 0 aromatic carbocycles. The van der Waals surface area contributed by atoms with Gasteiger partial charge in [0.25, 0.3) is 0 Å². The lowest BCUT2D eigenvalue weighted by atomic mass is 10.1. The van der Waals surface area contributed by atoms with Crippen LogP contribution in [0.2, 0.25) is 18.1 Å². The van der Waals surface area contributed by atoms with Crippen molar-refractivity contribution in [2.24, 2.45) is 0 Å². The van der Waals surface area contributed by atoms with Crippen molar-refractivity contribution in [2.45, 2.75) is 135 Å². The van der Waals surface area contributed by atoms with Crippen LogP contribution in [0, 0.1) is 23.7 Å². The fourth-order valence-corrected chi connectivity index (χ4v) is 4.35. The van der Waals surface area contributed by atoms with E-state index in [1.165, 1.54) is 57.8 Å². The Hall–Kier alpha value is -0.223. The summed E-state index contributed by atoms with van der Waals surface area (Å²) >= 11 is 3.46. The molecule has 0 spiro atoms. The third kappa shape index (κ3) is 16.2. The number of hydrogen-bond donors (Lipinski definition) is 0. The van der Waals surface area contributed by atoms with Crippen LogP contribution in [0.25, 0.3) is 0 Å². The van der Waals surface area contributed by atoms with E-state index in [1.807, 2.05) is 0 Å². The van der Waals surface area contributed by atoms with Crippen molar-refractivity contribution < 1.29 is 4.43 Å². The van der Waals surface area contributed by atoms with Crippen molar-refractivity contribution in [3.05, 3.63) is 0 Å². The van der Waals surface area contributed by atoms with Gasteiger partial charge in [0.15, 0.2) is 8.32 Å². The van der Waals surface area contributed by atoms with E-state index < -0.39 is 8.32 Å². The molecule has 29 heavy (non-hydrogen) atoms. The van der Waals surface area contributed by atoms with E-state index >= 15 is 0 Å². The largest absolute Gasteiger partial charge is 0.403 e. The Morgan fingerprint density at radius 2 is 1.31 bits per heavy atom. The monoisotopic (exact) mass is 482 g/mol. The number of rotatable bonds is 14. The van der Waals surface area contributed by atoms with Crippen LogP contribution in [-0.4, -0.2) is 19.8 Å². The van der Waals surface area contributed by atoms with Gasteiger partial charge < -0.3 is 4.43 Å². The Labute approximate surface area is 192 Å². The van der Waals surface area contributed by atoms with Crippen molar-refractivity contribution in [3.8, 4) is 23.7 Å². The molecule has 3 heteroatoms. The highest BCUT2D eigenvalue weighted by Crippen LogP contribution is 2.37. The van der Waals surface area contributed by atoms with Gasteiger partial charge >= 0.3 is 0 Å². The van der Waals surface area contributed by atoms with Crippen LogP contribution in [0.3, 0.4) is 0 Å². The fraction of sp³-hybridized carbons (Fsp3) is 0.846. The average molecular weight is 484 g/mol. The first-order valence-electron chi connectivity index (χ1n) is 11.9. The van der Waals surface area contributed by atoms with E-state index in [9.17, 15) is 0 Å². The lowest BCUT2D eigenvalue weighted by Gasteiger charge is -2.38. The van der Waals surface area contributed by atoms with Gasteiger partial charge in [-0.2, -0.15) is 0 Å². The summed E-state index contributed by atoms with van der Waals surface area (Å²) < 4.78 is 6.57. The molecule has 0 fully saturated rings.